The van der Waals surface area contributed by atoms with Crippen molar-refractivity contribution in [2.75, 3.05) is 66.1 Å². The minimum atomic E-state index is -4.17. The van der Waals surface area contributed by atoms with Gasteiger partial charge in [0.25, 0.3) is 0 Å². The molecule has 10 nitrogen and oxygen atoms in total. The molecule has 1 aliphatic rings. The summed E-state index contributed by atoms with van der Waals surface area (Å²) >= 11 is 0. The van der Waals surface area contributed by atoms with E-state index in [1.807, 2.05) is 24.3 Å². The number of rotatable bonds is 0. The van der Waals surface area contributed by atoms with Gasteiger partial charge in [0.05, 0.1) is 52.9 Å². The molecule has 1 aliphatic heterocycles. The van der Waals surface area contributed by atoms with Gasteiger partial charge in [-0.15, -0.1) is 0 Å². The molecule has 0 aromatic heterocycles. The molecule has 0 saturated heterocycles. The van der Waals surface area contributed by atoms with E-state index in [0.717, 1.165) is 0 Å². The Morgan fingerprint density at radius 3 is 1.22 bits per heavy atom. The van der Waals surface area contributed by atoms with Crippen molar-refractivity contribution >= 4 is 10.3 Å². The normalized spacial score (nSPS) is 18.3. The first-order chi connectivity index (χ1) is 13.0. The lowest BCUT2D eigenvalue weighted by Crippen LogP contribution is -2.15. The molecule has 0 radical (unpaired) electrons. The van der Waals surface area contributed by atoms with Crippen LogP contribution in [0.15, 0.2) is 24.3 Å². The van der Waals surface area contributed by atoms with Crippen molar-refractivity contribution in [3.8, 4) is 11.5 Å². The van der Waals surface area contributed by atoms with E-state index < -0.39 is 10.3 Å². The summed E-state index contributed by atoms with van der Waals surface area (Å²) in [4.78, 5) is 0. The maximum atomic E-state index is 8.97. The van der Waals surface area contributed by atoms with Crippen LogP contribution in [0.1, 0.15) is 0 Å². The van der Waals surface area contributed by atoms with Crippen LogP contribution in [0.3, 0.4) is 0 Å². The van der Waals surface area contributed by atoms with Gasteiger partial charge in [-0.05, 0) is 12.1 Å². The van der Waals surface area contributed by atoms with E-state index in [2.05, 4.69) is 5.14 Å². The minimum absolute atomic E-state index is 0.472. The summed E-state index contributed by atoms with van der Waals surface area (Å²) in [6.07, 6.45) is 0. The molecule has 0 atom stereocenters. The number of fused-ring (bicyclic) bond motifs is 1. The maximum Gasteiger partial charge on any atom is 0.330 e. The zero-order valence-electron chi connectivity index (χ0n) is 15.1. The molecule has 0 saturated carbocycles. The first-order valence-corrected chi connectivity index (χ1v) is 9.88. The van der Waals surface area contributed by atoms with E-state index in [4.69, 9.17) is 41.4 Å². The van der Waals surface area contributed by atoms with Crippen molar-refractivity contribution in [2.45, 2.75) is 0 Å². The molecule has 0 aliphatic carbocycles. The van der Waals surface area contributed by atoms with Crippen LogP contribution in [0.4, 0.5) is 0 Å². The molecule has 0 bridgehead atoms. The smallest absolute Gasteiger partial charge is 0.330 e. The number of nitrogens with two attached hydrogens (primary N) is 1. The fourth-order valence-corrected chi connectivity index (χ4v) is 1.87. The maximum absolute atomic E-state index is 8.97. The van der Waals surface area contributed by atoms with Crippen LogP contribution in [-0.4, -0.2) is 79.0 Å². The lowest BCUT2D eigenvalue weighted by molar-refractivity contribution is -0.00841. The van der Waals surface area contributed by atoms with E-state index >= 15 is 0 Å². The summed E-state index contributed by atoms with van der Waals surface area (Å²) in [5, 5.41) is 3.88. The Kier molecular flexibility index (Phi) is 12.7. The Morgan fingerprint density at radius 1 is 0.667 bits per heavy atom. The van der Waals surface area contributed by atoms with Gasteiger partial charge in [-0.1, -0.05) is 12.1 Å². The Labute approximate surface area is 159 Å². The molecule has 0 fully saturated rings. The fourth-order valence-electron chi connectivity index (χ4n) is 1.87. The number of para-hydroxylation sites is 2. The molecule has 27 heavy (non-hydrogen) atoms. The van der Waals surface area contributed by atoms with Crippen molar-refractivity contribution in [3.63, 3.8) is 0 Å². The van der Waals surface area contributed by atoms with Crippen LogP contribution < -0.4 is 14.6 Å². The van der Waals surface area contributed by atoms with Crippen LogP contribution in [0, 0.1) is 0 Å². The molecule has 0 amide bonds. The van der Waals surface area contributed by atoms with E-state index in [1.165, 1.54) is 0 Å². The van der Waals surface area contributed by atoms with Gasteiger partial charge in [0.1, 0.15) is 13.2 Å². The predicted octanol–water partition coefficient (Wildman–Crippen LogP) is 0.272. The van der Waals surface area contributed by atoms with E-state index in [0.29, 0.717) is 77.6 Å². The van der Waals surface area contributed by atoms with Crippen LogP contribution in [-0.2, 0) is 29.3 Å². The highest BCUT2D eigenvalue weighted by Crippen LogP contribution is 2.26. The topological polar surface area (TPSA) is 136 Å². The average molecular weight is 409 g/mol. The summed E-state index contributed by atoms with van der Waals surface area (Å²) < 4.78 is 58.2. The van der Waals surface area contributed by atoms with Gasteiger partial charge in [-0.3, -0.25) is 4.55 Å². The highest BCUT2D eigenvalue weighted by molar-refractivity contribution is 7.83. The van der Waals surface area contributed by atoms with Gasteiger partial charge in [0, 0.05) is 0 Å². The van der Waals surface area contributed by atoms with Gasteiger partial charge in [0.15, 0.2) is 11.5 Å². The Bertz CT molecular complexity index is 552. The number of hydrogen-bond donors (Lipinski definition) is 2. The van der Waals surface area contributed by atoms with Crippen molar-refractivity contribution in [3.05, 3.63) is 24.3 Å². The second-order valence-corrected chi connectivity index (χ2v) is 6.14. The monoisotopic (exact) mass is 409 g/mol. The third-order valence-electron chi connectivity index (χ3n) is 2.94. The highest BCUT2D eigenvalue weighted by atomic mass is 32.2. The van der Waals surface area contributed by atoms with Crippen LogP contribution >= 0.6 is 0 Å². The summed E-state index contributed by atoms with van der Waals surface area (Å²) in [6, 6.07) is 7.59. The highest BCUT2D eigenvalue weighted by Gasteiger charge is 2.04. The van der Waals surface area contributed by atoms with Crippen molar-refractivity contribution in [1.29, 1.82) is 0 Å². The molecule has 0 spiro atoms. The van der Waals surface area contributed by atoms with Gasteiger partial charge < -0.3 is 28.4 Å². The molecule has 2 rings (SSSR count). The summed E-state index contributed by atoms with van der Waals surface area (Å²) in [5.41, 5.74) is 0. The molecule has 1 heterocycles. The molecule has 11 heteroatoms. The Hall–Kier alpha value is -1.47. The first-order valence-electron chi connectivity index (χ1n) is 8.37. The van der Waals surface area contributed by atoms with Crippen LogP contribution in [0.25, 0.3) is 0 Å². The summed E-state index contributed by atoms with van der Waals surface area (Å²) in [7, 11) is -4.17. The lowest BCUT2D eigenvalue weighted by atomic mass is 10.3. The molecular formula is C16H27NO9S. The van der Waals surface area contributed by atoms with Gasteiger partial charge >= 0.3 is 10.3 Å². The largest absolute Gasteiger partial charge is 0.487 e. The molecular weight excluding hydrogens is 382 g/mol. The zero-order valence-corrected chi connectivity index (χ0v) is 15.9. The molecule has 156 valence electrons. The Morgan fingerprint density at radius 2 is 0.926 bits per heavy atom. The Balaban J connectivity index is 0.000000646. The third kappa shape index (κ3) is 15.3. The standard InChI is InChI=1S/C16H24O6.H3NO3S/c1-2-4-16-15(3-1)21-13-11-19-9-7-17-5-6-18-8-10-20-12-14-22-16;1-5(2,3)4/h1-4H,5-14H2;(H3,1,2,3,4). The van der Waals surface area contributed by atoms with Crippen molar-refractivity contribution < 1.29 is 41.4 Å². The average Bonchev–Trinajstić information content (AvgIpc) is 2.60. The third-order valence-corrected chi connectivity index (χ3v) is 2.94. The van der Waals surface area contributed by atoms with Crippen LogP contribution in [0.5, 0.6) is 11.5 Å². The SMILES string of the molecule is NS(=O)(=O)O.c1ccc2c(c1)OCCOCCOCCOCCOCCO2. The minimum Gasteiger partial charge on any atom is -0.487 e. The summed E-state index contributed by atoms with van der Waals surface area (Å²) in [6.45, 7) is 5.30. The molecule has 0 unspecified atom stereocenters. The van der Waals surface area contributed by atoms with Gasteiger partial charge in [-0.25, -0.2) is 5.14 Å². The molecule has 1 aromatic rings. The zero-order chi connectivity index (χ0) is 19.8. The quantitative estimate of drug-likeness (QED) is 0.579. The summed E-state index contributed by atoms with van der Waals surface area (Å²) in [5.74, 6) is 1.43. The van der Waals surface area contributed by atoms with E-state index in [1.54, 1.807) is 0 Å². The van der Waals surface area contributed by atoms with Gasteiger partial charge in [0.2, 0.25) is 0 Å². The number of benzene rings is 1. The molecule has 1 aromatic carbocycles. The van der Waals surface area contributed by atoms with Crippen LogP contribution in [0.2, 0.25) is 0 Å². The lowest BCUT2D eigenvalue weighted by Gasteiger charge is -2.13. The van der Waals surface area contributed by atoms with Gasteiger partial charge in [-0.2, -0.15) is 8.42 Å². The number of hydrogen-bond acceptors (Lipinski definition) is 8. The van der Waals surface area contributed by atoms with E-state index in [9.17, 15) is 0 Å². The predicted molar refractivity (Wildman–Crippen MR) is 96.4 cm³/mol. The second kappa shape index (κ2) is 14.6. The first kappa shape index (κ1) is 23.6. The van der Waals surface area contributed by atoms with E-state index in [-0.39, 0.29) is 0 Å². The second-order valence-electron chi connectivity index (χ2n) is 5.11. The fraction of sp³-hybridized carbons (Fsp3) is 0.625. The van der Waals surface area contributed by atoms with Crippen molar-refractivity contribution in [1.82, 2.24) is 0 Å². The molecule has 3 N–H and O–H groups in total. The number of ether oxygens (including phenoxy) is 6. The van der Waals surface area contributed by atoms with Crippen molar-refractivity contribution in [2.24, 2.45) is 5.14 Å².